The molecule has 0 aliphatic carbocycles. The molecular formula is C11H9BrN4O3. The first kappa shape index (κ1) is 13.2. The summed E-state index contributed by atoms with van der Waals surface area (Å²) in [5, 5.41) is 10.9. The third-order valence-electron chi connectivity index (χ3n) is 2.22. The zero-order valence-corrected chi connectivity index (χ0v) is 11.2. The highest BCUT2D eigenvalue weighted by atomic mass is 79.9. The Labute approximate surface area is 116 Å². The minimum Gasteiger partial charge on any atom is -0.480 e. The lowest BCUT2D eigenvalue weighted by molar-refractivity contribution is -0.386. The highest BCUT2D eigenvalue weighted by Crippen LogP contribution is 2.30. The molecule has 2 aromatic rings. The van der Waals surface area contributed by atoms with Crippen LogP contribution in [-0.2, 0) is 6.61 Å². The van der Waals surface area contributed by atoms with Crippen LogP contribution >= 0.6 is 15.9 Å². The van der Waals surface area contributed by atoms with Crippen LogP contribution in [0.1, 0.15) is 5.69 Å². The summed E-state index contributed by atoms with van der Waals surface area (Å²) < 4.78 is 5.98. The summed E-state index contributed by atoms with van der Waals surface area (Å²) in [7, 11) is 0. The molecule has 19 heavy (non-hydrogen) atoms. The molecule has 1 aromatic heterocycles. The van der Waals surface area contributed by atoms with Crippen LogP contribution in [0.4, 0.5) is 11.5 Å². The standard InChI is InChI=1S/C11H9BrN4O3/c12-7-1-2-10(9(3-7)16(17)18)19-6-8-4-15-11(13)5-14-8/h1-5H,6H2,(H2,13,15). The van der Waals surface area contributed by atoms with E-state index in [1.165, 1.54) is 24.5 Å². The van der Waals surface area contributed by atoms with Crippen molar-refractivity contribution in [1.29, 1.82) is 0 Å². The van der Waals surface area contributed by atoms with Gasteiger partial charge in [0.05, 0.1) is 23.0 Å². The molecule has 0 bridgehead atoms. The second-order valence-electron chi connectivity index (χ2n) is 3.59. The zero-order valence-electron chi connectivity index (χ0n) is 9.62. The fourth-order valence-electron chi connectivity index (χ4n) is 1.35. The lowest BCUT2D eigenvalue weighted by Crippen LogP contribution is -2.02. The van der Waals surface area contributed by atoms with Crippen molar-refractivity contribution in [2.45, 2.75) is 6.61 Å². The number of hydrogen-bond acceptors (Lipinski definition) is 6. The van der Waals surface area contributed by atoms with E-state index in [9.17, 15) is 10.1 Å². The zero-order chi connectivity index (χ0) is 13.8. The van der Waals surface area contributed by atoms with Gasteiger partial charge < -0.3 is 10.5 Å². The number of aromatic nitrogens is 2. The summed E-state index contributed by atoms with van der Waals surface area (Å²) in [6, 6.07) is 4.56. The molecular weight excluding hydrogens is 316 g/mol. The van der Waals surface area contributed by atoms with Gasteiger partial charge in [0.1, 0.15) is 12.4 Å². The van der Waals surface area contributed by atoms with Crippen molar-refractivity contribution in [1.82, 2.24) is 9.97 Å². The number of ether oxygens (including phenoxy) is 1. The van der Waals surface area contributed by atoms with Crippen molar-refractivity contribution in [3.63, 3.8) is 0 Å². The Balaban J connectivity index is 2.15. The molecule has 0 aliphatic heterocycles. The molecule has 0 fully saturated rings. The number of nitrogens with zero attached hydrogens (tertiary/aromatic N) is 3. The van der Waals surface area contributed by atoms with Crippen molar-refractivity contribution in [2.75, 3.05) is 5.73 Å². The third-order valence-corrected chi connectivity index (χ3v) is 2.71. The van der Waals surface area contributed by atoms with Crippen molar-refractivity contribution < 1.29 is 9.66 Å². The third kappa shape index (κ3) is 3.38. The van der Waals surface area contributed by atoms with Gasteiger partial charge in [-0.15, -0.1) is 0 Å². The highest BCUT2D eigenvalue weighted by molar-refractivity contribution is 9.10. The lowest BCUT2D eigenvalue weighted by Gasteiger charge is -2.06. The number of hydrogen-bond donors (Lipinski definition) is 1. The number of nitro benzene ring substituents is 1. The Morgan fingerprint density at radius 3 is 2.79 bits per heavy atom. The maximum atomic E-state index is 10.9. The summed E-state index contributed by atoms with van der Waals surface area (Å²) in [6.07, 6.45) is 2.86. The average Bonchev–Trinajstić information content (AvgIpc) is 2.39. The molecule has 0 saturated carbocycles. The second-order valence-corrected chi connectivity index (χ2v) is 4.51. The van der Waals surface area contributed by atoms with Crippen LogP contribution in [0.2, 0.25) is 0 Å². The van der Waals surface area contributed by atoms with E-state index >= 15 is 0 Å². The fraction of sp³-hybridized carbons (Fsp3) is 0.0909. The molecule has 7 nitrogen and oxygen atoms in total. The monoisotopic (exact) mass is 324 g/mol. The maximum Gasteiger partial charge on any atom is 0.312 e. The Morgan fingerprint density at radius 2 is 2.16 bits per heavy atom. The van der Waals surface area contributed by atoms with Gasteiger partial charge in [-0.25, -0.2) is 4.98 Å². The molecule has 98 valence electrons. The van der Waals surface area contributed by atoms with Crippen LogP contribution in [0.5, 0.6) is 5.75 Å². The molecule has 0 unspecified atom stereocenters. The predicted octanol–water partition coefficient (Wildman–Crippen LogP) is 2.31. The fourth-order valence-corrected chi connectivity index (χ4v) is 1.70. The number of nitrogens with two attached hydrogens (primary N) is 1. The first-order valence-corrected chi connectivity index (χ1v) is 5.98. The molecule has 0 saturated heterocycles. The normalized spacial score (nSPS) is 10.2. The van der Waals surface area contributed by atoms with Gasteiger partial charge in [-0.1, -0.05) is 15.9 Å². The Morgan fingerprint density at radius 1 is 1.37 bits per heavy atom. The minimum absolute atomic E-state index is 0.0791. The molecule has 1 aromatic carbocycles. The summed E-state index contributed by atoms with van der Waals surface area (Å²) in [4.78, 5) is 18.2. The lowest BCUT2D eigenvalue weighted by atomic mass is 10.3. The van der Waals surface area contributed by atoms with Gasteiger partial charge in [-0.05, 0) is 12.1 Å². The smallest absolute Gasteiger partial charge is 0.312 e. The first-order chi connectivity index (χ1) is 9.06. The average molecular weight is 325 g/mol. The van der Waals surface area contributed by atoms with Gasteiger partial charge in [-0.2, -0.15) is 0 Å². The van der Waals surface area contributed by atoms with Crippen molar-refractivity contribution in [2.24, 2.45) is 0 Å². The minimum atomic E-state index is -0.505. The molecule has 2 N–H and O–H groups in total. The van der Waals surface area contributed by atoms with Gasteiger partial charge in [0.15, 0.2) is 5.75 Å². The Hall–Kier alpha value is -2.22. The van der Waals surface area contributed by atoms with E-state index in [1.807, 2.05) is 0 Å². The molecule has 0 aliphatic rings. The highest BCUT2D eigenvalue weighted by Gasteiger charge is 2.15. The van der Waals surface area contributed by atoms with Gasteiger partial charge in [-0.3, -0.25) is 15.1 Å². The summed E-state index contributed by atoms with van der Waals surface area (Å²) in [5.74, 6) is 0.477. The number of benzene rings is 1. The SMILES string of the molecule is Nc1cnc(COc2ccc(Br)cc2[N+](=O)[O-])cn1. The molecule has 1 heterocycles. The molecule has 0 atom stereocenters. The van der Waals surface area contributed by atoms with Crippen molar-refractivity contribution in [3.05, 3.63) is 50.9 Å². The maximum absolute atomic E-state index is 10.9. The number of rotatable bonds is 4. The summed E-state index contributed by atoms with van der Waals surface area (Å²) in [5.41, 5.74) is 5.83. The molecule has 0 amide bonds. The van der Waals surface area contributed by atoms with Crippen LogP contribution in [0.25, 0.3) is 0 Å². The van der Waals surface area contributed by atoms with Crippen LogP contribution in [0, 0.1) is 10.1 Å². The van der Waals surface area contributed by atoms with Crippen LogP contribution in [0.15, 0.2) is 35.1 Å². The first-order valence-electron chi connectivity index (χ1n) is 5.19. The van der Waals surface area contributed by atoms with E-state index in [0.717, 1.165) is 0 Å². The van der Waals surface area contributed by atoms with Crippen molar-refractivity contribution in [3.8, 4) is 5.75 Å². The van der Waals surface area contributed by atoms with E-state index in [2.05, 4.69) is 25.9 Å². The van der Waals surface area contributed by atoms with Gasteiger partial charge in [0.25, 0.3) is 0 Å². The number of anilines is 1. The molecule has 8 heteroatoms. The van der Waals surface area contributed by atoms with Crippen LogP contribution in [0.3, 0.4) is 0 Å². The van der Waals surface area contributed by atoms with Crippen molar-refractivity contribution >= 4 is 27.4 Å². The Bertz CT molecular complexity index is 603. The molecule has 2 rings (SSSR count). The predicted molar refractivity (Wildman–Crippen MR) is 71.6 cm³/mol. The molecule has 0 radical (unpaired) electrons. The second kappa shape index (κ2) is 5.61. The quantitative estimate of drug-likeness (QED) is 0.683. The van der Waals surface area contributed by atoms with Gasteiger partial charge >= 0.3 is 5.69 Å². The van der Waals surface area contributed by atoms with E-state index in [1.54, 1.807) is 6.07 Å². The van der Waals surface area contributed by atoms with Gasteiger partial charge in [0.2, 0.25) is 0 Å². The number of nitrogen functional groups attached to an aromatic ring is 1. The topological polar surface area (TPSA) is 104 Å². The number of halogens is 1. The van der Waals surface area contributed by atoms with Crippen LogP contribution in [-0.4, -0.2) is 14.9 Å². The summed E-state index contributed by atoms with van der Waals surface area (Å²) >= 11 is 3.17. The number of nitro groups is 1. The van der Waals surface area contributed by atoms with Crippen LogP contribution < -0.4 is 10.5 Å². The van der Waals surface area contributed by atoms with E-state index in [-0.39, 0.29) is 18.0 Å². The molecule has 0 spiro atoms. The van der Waals surface area contributed by atoms with E-state index in [4.69, 9.17) is 10.5 Å². The van der Waals surface area contributed by atoms with Gasteiger partial charge in [0, 0.05) is 10.5 Å². The Kier molecular flexibility index (Phi) is 3.91. The van der Waals surface area contributed by atoms with E-state index < -0.39 is 4.92 Å². The summed E-state index contributed by atoms with van der Waals surface area (Å²) in [6.45, 7) is 0.0791. The largest absolute Gasteiger partial charge is 0.480 e. The van der Waals surface area contributed by atoms with E-state index in [0.29, 0.717) is 16.0 Å².